The SMILES string of the molecule is C[C@@H](c1ccccc1F)N(CN1C(=O)CC2(CCCC2)C1=O)C1CC1. The highest BCUT2D eigenvalue weighted by atomic mass is 19.1. The van der Waals surface area contributed by atoms with Gasteiger partial charge in [-0.15, -0.1) is 0 Å². The van der Waals surface area contributed by atoms with Gasteiger partial charge in [-0.25, -0.2) is 4.39 Å². The van der Waals surface area contributed by atoms with E-state index in [9.17, 15) is 14.0 Å². The first-order valence-electron chi connectivity index (χ1n) is 9.37. The maximum absolute atomic E-state index is 14.2. The Morgan fingerprint density at radius 2 is 1.92 bits per heavy atom. The van der Waals surface area contributed by atoms with Crippen LogP contribution in [0.2, 0.25) is 0 Å². The third-order valence-corrected chi connectivity index (χ3v) is 6.22. The first-order valence-corrected chi connectivity index (χ1v) is 9.37. The molecule has 1 spiro atoms. The predicted octanol–water partition coefficient (Wildman–Crippen LogP) is 3.63. The molecule has 1 aromatic carbocycles. The molecule has 1 aliphatic heterocycles. The van der Waals surface area contributed by atoms with Gasteiger partial charge in [0.05, 0.1) is 12.1 Å². The maximum Gasteiger partial charge on any atom is 0.237 e. The van der Waals surface area contributed by atoms with Gasteiger partial charge in [0.1, 0.15) is 5.82 Å². The lowest BCUT2D eigenvalue weighted by molar-refractivity contribution is -0.144. The van der Waals surface area contributed by atoms with Crippen molar-refractivity contribution in [1.29, 1.82) is 0 Å². The summed E-state index contributed by atoms with van der Waals surface area (Å²) in [7, 11) is 0. The van der Waals surface area contributed by atoms with E-state index < -0.39 is 5.41 Å². The van der Waals surface area contributed by atoms with Gasteiger partial charge in [0.2, 0.25) is 11.8 Å². The highest BCUT2D eigenvalue weighted by molar-refractivity contribution is 6.06. The molecule has 1 atom stereocenters. The average molecular weight is 344 g/mol. The molecule has 2 saturated carbocycles. The van der Waals surface area contributed by atoms with Crippen LogP contribution in [-0.2, 0) is 9.59 Å². The van der Waals surface area contributed by atoms with Crippen LogP contribution in [0.25, 0.3) is 0 Å². The molecule has 2 amide bonds. The van der Waals surface area contributed by atoms with E-state index in [0.717, 1.165) is 38.5 Å². The first-order chi connectivity index (χ1) is 12.0. The molecule has 2 aliphatic carbocycles. The normalized spacial score (nSPS) is 23.9. The molecule has 25 heavy (non-hydrogen) atoms. The largest absolute Gasteiger partial charge is 0.276 e. The van der Waals surface area contributed by atoms with Crippen LogP contribution in [0.1, 0.15) is 63.5 Å². The highest BCUT2D eigenvalue weighted by Crippen LogP contribution is 2.47. The van der Waals surface area contributed by atoms with Crippen LogP contribution in [0.5, 0.6) is 0 Å². The Morgan fingerprint density at radius 3 is 2.56 bits per heavy atom. The second kappa shape index (κ2) is 6.20. The molecule has 4 rings (SSSR count). The number of nitrogens with zero attached hydrogens (tertiary/aromatic N) is 2. The summed E-state index contributed by atoms with van der Waals surface area (Å²) in [6, 6.07) is 6.95. The van der Waals surface area contributed by atoms with E-state index in [0.29, 0.717) is 24.7 Å². The van der Waals surface area contributed by atoms with Crippen LogP contribution in [0.15, 0.2) is 24.3 Å². The Hall–Kier alpha value is -1.75. The topological polar surface area (TPSA) is 40.6 Å². The zero-order chi connectivity index (χ0) is 17.6. The van der Waals surface area contributed by atoms with Crippen LogP contribution in [0.4, 0.5) is 4.39 Å². The summed E-state index contributed by atoms with van der Waals surface area (Å²) >= 11 is 0. The number of rotatable bonds is 5. The molecule has 134 valence electrons. The molecule has 0 radical (unpaired) electrons. The van der Waals surface area contributed by atoms with E-state index in [4.69, 9.17) is 0 Å². The molecular formula is C20H25FN2O2. The summed E-state index contributed by atoms with van der Waals surface area (Å²) in [6.07, 6.45) is 6.18. The predicted molar refractivity (Wildman–Crippen MR) is 91.9 cm³/mol. The smallest absolute Gasteiger partial charge is 0.237 e. The van der Waals surface area contributed by atoms with Crippen molar-refractivity contribution in [2.45, 2.75) is 64.0 Å². The van der Waals surface area contributed by atoms with Crippen molar-refractivity contribution < 1.29 is 14.0 Å². The van der Waals surface area contributed by atoms with Crippen molar-refractivity contribution in [3.8, 4) is 0 Å². The van der Waals surface area contributed by atoms with Crippen molar-refractivity contribution in [2.75, 3.05) is 6.67 Å². The highest BCUT2D eigenvalue weighted by Gasteiger charge is 2.53. The number of halogens is 1. The zero-order valence-electron chi connectivity index (χ0n) is 14.7. The summed E-state index contributed by atoms with van der Waals surface area (Å²) in [6.45, 7) is 2.26. The number of benzene rings is 1. The van der Waals surface area contributed by atoms with Gasteiger partial charge in [0, 0.05) is 24.1 Å². The molecule has 0 bridgehead atoms. The van der Waals surface area contributed by atoms with Crippen LogP contribution >= 0.6 is 0 Å². The second-order valence-corrected chi connectivity index (χ2v) is 7.88. The van der Waals surface area contributed by atoms with Gasteiger partial charge in [-0.1, -0.05) is 31.0 Å². The van der Waals surface area contributed by atoms with Crippen LogP contribution in [-0.4, -0.2) is 34.3 Å². The van der Waals surface area contributed by atoms with E-state index in [1.807, 2.05) is 13.0 Å². The summed E-state index contributed by atoms with van der Waals surface area (Å²) in [4.78, 5) is 29.1. The lowest BCUT2D eigenvalue weighted by Gasteiger charge is -2.33. The molecule has 0 unspecified atom stereocenters. The van der Waals surface area contributed by atoms with Crippen molar-refractivity contribution >= 4 is 11.8 Å². The Bertz CT molecular complexity index is 695. The zero-order valence-corrected chi connectivity index (χ0v) is 14.7. The van der Waals surface area contributed by atoms with Gasteiger partial charge in [-0.3, -0.25) is 19.4 Å². The van der Waals surface area contributed by atoms with Crippen molar-refractivity contribution in [2.24, 2.45) is 5.41 Å². The summed E-state index contributed by atoms with van der Waals surface area (Å²) < 4.78 is 14.2. The number of imide groups is 1. The van der Waals surface area contributed by atoms with Gasteiger partial charge in [0.25, 0.3) is 0 Å². The summed E-state index contributed by atoms with van der Waals surface area (Å²) in [5.74, 6) is -0.286. The fourth-order valence-electron chi connectivity index (χ4n) is 4.56. The average Bonchev–Trinajstić information content (AvgIpc) is 3.28. The first kappa shape index (κ1) is 16.7. The Kier molecular flexibility index (Phi) is 4.14. The Balaban J connectivity index is 1.56. The fraction of sp³-hybridized carbons (Fsp3) is 0.600. The van der Waals surface area contributed by atoms with Gasteiger partial charge < -0.3 is 0 Å². The maximum atomic E-state index is 14.2. The summed E-state index contributed by atoms with van der Waals surface area (Å²) in [5.41, 5.74) is 0.192. The third-order valence-electron chi connectivity index (χ3n) is 6.22. The molecule has 1 saturated heterocycles. The van der Waals surface area contributed by atoms with Gasteiger partial charge >= 0.3 is 0 Å². The Labute approximate surface area is 148 Å². The van der Waals surface area contributed by atoms with Crippen LogP contribution in [0, 0.1) is 11.2 Å². The number of hydrogen-bond donors (Lipinski definition) is 0. The lowest BCUT2D eigenvalue weighted by Crippen LogP contribution is -2.45. The molecule has 0 aromatic heterocycles. The van der Waals surface area contributed by atoms with E-state index >= 15 is 0 Å². The van der Waals surface area contributed by atoms with Gasteiger partial charge in [-0.05, 0) is 38.7 Å². The van der Waals surface area contributed by atoms with E-state index in [2.05, 4.69) is 4.90 Å². The third kappa shape index (κ3) is 2.88. The molecule has 0 N–H and O–H groups in total. The minimum atomic E-state index is -0.437. The molecular weight excluding hydrogens is 319 g/mol. The van der Waals surface area contributed by atoms with Crippen LogP contribution in [0.3, 0.4) is 0 Å². The van der Waals surface area contributed by atoms with E-state index in [-0.39, 0.29) is 23.7 Å². The molecule has 3 fully saturated rings. The number of carbonyl (C=O) groups is 2. The number of hydrogen-bond acceptors (Lipinski definition) is 3. The Morgan fingerprint density at radius 1 is 1.24 bits per heavy atom. The van der Waals surface area contributed by atoms with Gasteiger partial charge in [0.15, 0.2) is 0 Å². The fourth-order valence-corrected chi connectivity index (χ4v) is 4.56. The van der Waals surface area contributed by atoms with E-state index in [1.54, 1.807) is 12.1 Å². The van der Waals surface area contributed by atoms with Crippen molar-refractivity contribution in [1.82, 2.24) is 9.80 Å². The number of amides is 2. The molecule has 5 heteroatoms. The van der Waals surface area contributed by atoms with Crippen molar-refractivity contribution in [3.63, 3.8) is 0 Å². The standard InChI is InChI=1S/C20H25FN2O2/c1-14(16-6-2-3-7-17(16)21)22(15-8-9-15)13-23-18(24)12-20(19(23)25)10-4-5-11-20/h2-3,6-7,14-15H,4-5,8-13H2,1H3/t14-/m0/s1. The summed E-state index contributed by atoms with van der Waals surface area (Å²) in [5, 5.41) is 0. The molecule has 3 aliphatic rings. The molecule has 4 nitrogen and oxygen atoms in total. The second-order valence-electron chi connectivity index (χ2n) is 7.88. The number of likely N-dealkylation sites (tertiary alicyclic amines) is 1. The lowest BCUT2D eigenvalue weighted by atomic mass is 9.85. The van der Waals surface area contributed by atoms with Crippen molar-refractivity contribution in [3.05, 3.63) is 35.6 Å². The quantitative estimate of drug-likeness (QED) is 0.766. The van der Waals surface area contributed by atoms with E-state index in [1.165, 1.54) is 11.0 Å². The monoisotopic (exact) mass is 344 g/mol. The van der Waals surface area contributed by atoms with Crippen LogP contribution < -0.4 is 0 Å². The number of carbonyl (C=O) groups excluding carboxylic acids is 2. The molecule has 1 aromatic rings. The minimum absolute atomic E-state index is 0.00128. The molecule has 1 heterocycles. The minimum Gasteiger partial charge on any atom is -0.276 e. The van der Waals surface area contributed by atoms with Gasteiger partial charge in [-0.2, -0.15) is 0 Å².